The van der Waals surface area contributed by atoms with Gasteiger partial charge in [0.1, 0.15) is 5.82 Å². The molecule has 0 radical (unpaired) electrons. The summed E-state index contributed by atoms with van der Waals surface area (Å²) in [6, 6.07) is 20.0. The van der Waals surface area contributed by atoms with E-state index in [4.69, 9.17) is 0 Å². The Kier molecular flexibility index (Phi) is 4.40. The molecule has 4 heteroatoms. The predicted octanol–water partition coefficient (Wildman–Crippen LogP) is 5.44. The van der Waals surface area contributed by atoms with Gasteiger partial charge in [0.2, 0.25) is 0 Å². The van der Waals surface area contributed by atoms with Crippen molar-refractivity contribution in [2.75, 3.05) is 0 Å². The summed E-state index contributed by atoms with van der Waals surface area (Å²) in [4.78, 5) is 0. The minimum absolute atomic E-state index is 0.292. The van der Waals surface area contributed by atoms with Crippen LogP contribution in [0.1, 0.15) is 11.3 Å². The zero-order chi connectivity index (χ0) is 16.2. The van der Waals surface area contributed by atoms with Crippen molar-refractivity contribution in [1.82, 2.24) is 4.57 Å². The summed E-state index contributed by atoms with van der Waals surface area (Å²) in [6.07, 6.45) is 3.60. The highest BCUT2D eigenvalue weighted by Crippen LogP contribution is 2.23. The maximum absolute atomic E-state index is 13.9. The fourth-order valence-corrected chi connectivity index (χ4v) is 2.61. The number of benzene rings is 2. The van der Waals surface area contributed by atoms with Gasteiger partial charge in [0.25, 0.3) is 0 Å². The molecule has 23 heavy (non-hydrogen) atoms. The number of hydrogen-bond donors (Lipinski definition) is 0. The van der Waals surface area contributed by atoms with Crippen LogP contribution in [0.2, 0.25) is 0 Å². The predicted molar refractivity (Wildman–Crippen MR) is 93.4 cm³/mol. The van der Waals surface area contributed by atoms with Crippen molar-refractivity contribution < 1.29 is 4.39 Å². The molecule has 1 aromatic heterocycles. The Morgan fingerprint density at radius 3 is 2.48 bits per heavy atom. The van der Waals surface area contributed by atoms with E-state index < -0.39 is 5.82 Å². The van der Waals surface area contributed by atoms with Crippen LogP contribution in [0.4, 0.5) is 4.39 Å². The lowest BCUT2D eigenvalue weighted by molar-refractivity contribution is 0.624. The third kappa shape index (κ3) is 3.25. The normalized spacial score (nSPS) is 11.3. The van der Waals surface area contributed by atoms with E-state index in [1.54, 1.807) is 24.3 Å². The van der Waals surface area contributed by atoms with Gasteiger partial charge in [-0.3, -0.25) is 0 Å². The largest absolute Gasteiger partial charge is 0.317 e. The van der Waals surface area contributed by atoms with Gasteiger partial charge < -0.3 is 4.57 Å². The molecule has 0 aliphatic rings. The van der Waals surface area contributed by atoms with E-state index in [2.05, 4.69) is 22.0 Å². The quantitative estimate of drug-likeness (QED) is 0.567. The molecule has 0 saturated heterocycles. The minimum atomic E-state index is -0.401. The maximum Gasteiger partial charge on any atom is 0.131 e. The van der Waals surface area contributed by atoms with Crippen molar-refractivity contribution in [3.05, 3.63) is 88.4 Å². The second-order valence-electron chi connectivity index (χ2n) is 4.93. The van der Waals surface area contributed by atoms with Crippen LogP contribution in [-0.4, -0.2) is 4.57 Å². The third-order valence-corrected chi connectivity index (χ3v) is 3.99. The molecule has 1 heterocycles. The Hall–Kier alpha value is -2.64. The number of nitriles is 1. The average molecular weight is 367 g/mol. The molecule has 0 N–H and O–H groups in total. The number of allylic oxidation sites excluding steroid dienone is 1. The third-order valence-electron chi connectivity index (χ3n) is 3.46. The maximum atomic E-state index is 13.9. The molecule has 0 aliphatic heterocycles. The molecular weight excluding hydrogens is 355 g/mol. The second kappa shape index (κ2) is 6.64. The fourth-order valence-electron chi connectivity index (χ4n) is 2.35. The molecule has 0 amide bonds. The number of hydrogen-bond acceptors (Lipinski definition) is 1. The SMILES string of the molecule is N#C/C(=C/c1cccn1-c1ccc(Br)cc1)c1ccccc1F. The molecule has 2 aromatic carbocycles. The first-order valence-electron chi connectivity index (χ1n) is 6.99. The lowest BCUT2D eigenvalue weighted by atomic mass is 10.1. The lowest BCUT2D eigenvalue weighted by Gasteiger charge is -2.08. The highest BCUT2D eigenvalue weighted by Gasteiger charge is 2.09. The van der Waals surface area contributed by atoms with E-state index in [0.29, 0.717) is 11.1 Å². The number of aromatic nitrogens is 1. The number of rotatable bonds is 3. The van der Waals surface area contributed by atoms with Crippen LogP contribution in [0.5, 0.6) is 0 Å². The molecule has 0 atom stereocenters. The van der Waals surface area contributed by atoms with Gasteiger partial charge in [0.15, 0.2) is 0 Å². The summed E-state index contributed by atoms with van der Waals surface area (Å²) >= 11 is 3.41. The molecule has 0 aliphatic carbocycles. The second-order valence-corrected chi connectivity index (χ2v) is 5.84. The zero-order valence-electron chi connectivity index (χ0n) is 12.1. The Bertz CT molecular complexity index is 902. The first kappa shape index (κ1) is 15.3. The molecule has 3 aromatic rings. The minimum Gasteiger partial charge on any atom is -0.317 e. The van der Waals surface area contributed by atoms with Gasteiger partial charge in [-0.2, -0.15) is 5.26 Å². The Balaban J connectivity index is 2.06. The smallest absolute Gasteiger partial charge is 0.131 e. The highest BCUT2D eigenvalue weighted by atomic mass is 79.9. The Labute approximate surface area is 142 Å². The number of halogens is 2. The summed E-state index contributed by atoms with van der Waals surface area (Å²) in [5, 5.41) is 9.40. The average Bonchev–Trinajstić information content (AvgIpc) is 3.02. The summed E-state index contributed by atoms with van der Waals surface area (Å²) in [5.41, 5.74) is 2.38. The van der Waals surface area contributed by atoms with Gasteiger partial charge >= 0.3 is 0 Å². The molecule has 112 valence electrons. The van der Waals surface area contributed by atoms with E-state index in [1.807, 2.05) is 47.2 Å². The van der Waals surface area contributed by atoms with Crippen molar-refractivity contribution in [1.29, 1.82) is 5.26 Å². The van der Waals surface area contributed by atoms with Crippen LogP contribution in [0.15, 0.2) is 71.3 Å². The number of nitrogens with zero attached hydrogens (tertiary/aromatic N) is 2. The molecule has 2 nitrogen and oxygen atoms in total. The van der Waals surface area contributed by atoms with E-state index in [0.717, 1.165) is 15.9 Å². The monoisotopic (exact) mass is 366 g/mol. The highest BCUT2D eigenvalue weighted by molar-refractivity contribution is 9.10. The van der Waals surface area contributed by atoms with E-state index in [1.165, 1.54) is 6.07 Å². The Morgan fingerprint density at radius 2 is 1.78 bits per heavy atom. The van der Waals surface area contributed by atoms with Gasteiger partial charge in [-0.25, -0.2) is 4.39 Å². The van der Waals surface area contributed by atoms with Crippen LogP contribution >= 0.6 is 15.9 Å². The van der Waals surface area contributed by atoms with Crippen molar-refractivity contribution in [3.8, 4) is 11.8 Å². The van der Waals surface area contributed by atoms with E-state index in [-0.39, 0.29) is 0 Å². The summed E-state index contributed by atoms with van der Waals surface area (Å²) in [7, 11) is 0. The first-order valence-corrected chi connectivity index (χ1v) is 7.78. The first-order chi connectivity index (χ1) is 11.2. The molecule has 0 fully saturated rings. The van der Waals surface area contributed by atoms with Gasteiger partial charge in [-0.15, -0.1) is 0 Å². The Morgan fingerprint density at radius 1 is 1.04 bits per heavy atom. The summed E-state index contributed by atoms with van der Waals surface area (Å²) < 4.78 is 16.9. The van der Waals surface area contributed by atoms with Crippen molar-refractivity contribution in [2.45, 2.75) is 0 Å². The standard InChI is InChI=1S/C19H12BrFN2/c20-15-7-9-16(10-8-15)23-11-3-4-17(23)12-14(13-22)18-5-1-2-6-19(18)21/h1-12H/b14-12-. The molecular formula is C19H12BrFN2. The van der Waals surface area contributed by atoms with Crippen LogP contribution in [-0.2, 0) is 0 Å². The topological polar surface area (TPSA) is 28.7 Å². The van der Waals surface area contributed by atoms with Crippen molar-refractivity contribution >= 4 is 27.6 Å². The molecule has 0 spiro atoms. The van der Waals surface area contributed by atoms with E-state index in [9.17, 15) is 9.65 Å². The van der Waals surface area contributed by atoms with Crippen LogP contribution in [0.25, 0.3) is 17.3 Å². The molecule has 0 unspecified atom stereocenters. The van der Waals surface area contributed by atoms with Crippen LogP contribution in [0, 0.1) is 17.1 Å². The lowest BCUT2D eigenvalue weighted by Crippen LogP contribution is -1.95. The van der Waals surface area contributed by atoms with Gasteiger partial charge in [0.05, 0.1) is 11.6 Å². The summed E-state index contributed by atoms with van der Waals surface area (Å²) in [5.74, 6) is -0.401. The van der Waals surface area contributed by atoms with Crippen molar-refractivity contribution in [3.63, 3.8) is 0 Å². The van der Waals surface area contributed by atoms with Gasteiger partial charge in [-0.05, 0) is 48.5 Å². The van der Waals surface area contributed by atoms with Gasteiger partial charge in [0, 0.05) is 27.6 Å². The van der Waals surface area contributed by atoms with Crippen LogP contribution < -0.4 is 0 Å². The zero-order valence-corrected chi connectivity index (χ0v) is 13.7. The molecule has 3 rings (SSSR count). The van der Waals surface area contributed by atoms with Gasteiger partial charge in [-0.1, -0.05) is 34.1 Å². The molecule has 0 bridgehead atoms. The van der Waals surface area contributed by atoms with E-state index >= 15 is 0 Å². The fraction of sp³-hybridized carbons (Fsp3) is 0. The van der Waals surface area contributed by atoms with Crippen molar-refractivity contribution in [2.24, 2.45) is 0 Å². The molecule has 0 saturated carbocycles. The summed E-state index contributed by atoms with van der Waals surface area (Å²) in [6.45, 7) is 0. The van der Waals surface area contributed by atoms with Crippen LogP contribution in [0.3, 0.4) is 0 Å².